The van der Waals surface area contributed by atoms with E-state index in [-0.39, 0.29) is 11.8 Å². The van der Waals surface area contributed by atoms with Crippen molar-refractivity contribution < 1.29 is 14.3 Å². The molecule has 0 aromatic heterocycles. The van der Waals surface area contributed by atoms with Crippen molar-refractivity contribution in [2.45, 2.75) is 26.7 Å². The van der Waals surface area contributed by atoms with E-state index in [1.807, 2.05) is 24.3 Å². The van der Waals surface area contributed by atoms with Crippen LogP contribution < -0.4 is 10.6 Å². The van der Waals surface area contributed by atoms with E-state index >= 15 is 0 Å². The smallest absolute Gasteiger partial charge is 0.235 e. The Kier molecular flexibility index (Phi) is 8.06. The summed E-state index contributed by atoms with van der Waals surface area (Å²) >= 11 is 5.83. The maximum atomic E-state index is 12.2. The Morgan fingerprint density at radius 3 is 2.22 bits per heavy atom. The minimum absolute atomic E-state index is 0.280. The molecule has 6 heteroatoms. The largest absolute Gasteiger partial charge is 0.385 e. The number of amides is 2. The van der Waals surface area contributed by atoms with Crippen LogP contribution in [-0.2, 0) is 20.7 Å². The molecule has 0 aliphatic carbocycles. The van der Waals surface area contributed by atoms with E-state index in [0.29, 0.717) is 31.1 Å². The van der Waals surface area contributed by atoms with E-state index < -0.39 is 5.41 Å². The minimum Gasteiger partial charge on any atom is -0.385 e. The maximum absolute atomic E-state index is 12.2. The monoisotopic (exact) mass is 340 g/mol. The highest BCUT2D eigenvalue weighted by atomic mass is 35.5. The fraction of sp³-hybridized carbons (Fsp3) is 0.529. The molecule has 0 atom stereocenters. The van der Waals surface area contributed by atoms with Gasteiger partial charge in [0.1, 0.15) is 5.41 Å². The fourth-order valence-electron chi connectivity index (χ4n) is 1.93. The van der Waals surface area contributed by atoms with Gasteiger partial charge in [-0.3, -0.25) is 9.59 Å². The zero-order valence-electron chi connectivity index (χ0n) is 13.9. The highest BCUT2D eigenvalue weighted by molar-refractivity contribution is 6.30. The summed E-state index contributed by atoms with van der Waals surface area (Å²) < 4.78 is 4.92. The average molecular weight is 341 g/mol. The third-order valence-electron chi connectivity index (χ3n) is 3.56. The van der Waals surface area contributed by atoms with Gasteiger partial charge in [-0.2, -0.15) is 0 Å². The van der Waals surface area contributed by atoms with Crippen LogP contribution in [0.15, 0.2) is 24.3 Å². The van der Waals surface area contributed by atoms with Gasteiger partial charge in [0.25, 0.3) is 0 Å². The summed E-state index contributed by atoms with van der Waals surface area (Å²) in [7, 11) is 1.61. The second-order valence-corrected chi connectivity index (χ2v) is 6.30. The second-order valence-electron chi connectivity index (χ2n) is 5.86. The second kappa shape index (κ2) is 9.53. The summed E-state index contributed by atoms with van der Waals surface area (Å²) in [5.74, 6) is -0.562. The molecule has 0 spiro atoms. The normalized spacial score (nSPS) is 11.1. The van der Waals surface area contributed by atoms with Gasteiger partial charge in [0, 0.05) is 31.8 Å². The van der Waals surface area contributed by atoms with Gasteiger partial charge in [0.15, 0.2) is 0 Å². The first-order chi connectivity index (χ1) is 10.9. The highest BCUT2D eigenvalue weighted by Crippen LogP contribution is 2.15. The molecule has 1 rings (SSSR count). The van der Waals surface area contributed by atoms with Crippen LogP contribution >= 0.6 is 11.6 Å². The third kappa shape index (κ3) is 6.59. The van der Waals surface area contributed by atoms with Gasteiger partial charge in [0.2, 0.25) is 11.8 Å². The molecule has 0 saturated carbocycles. The van der Waals surface area contributed by atoms with E-state index in [4.69, 9.17) is 16.3 Å². The standard InChI is InChI=1S/C17H25ClN2O3/c1-17(2,15(21)19-10-4-12-23-3)16(22)20-11-9-13-5-7-14(18)8-6-13/h5-8H,4,9-12H2,1-3H3,(H,19,21)(H,20,22). The van der Waals surface area contributed by atoms with Gasteiger partial charge < -0.3 is 15.4 Å². The van der Waals surface area contributed by atoms with Crippen molar-refractivity contribution in [3.05, 3.63) is 34.9 Å². The molecule has 2 N–H and O–H groups in total. The molecule has 0 unspecified atom stereocenters. The molecular formula is C17H25ClN2O3. The van der Waals surface area contributed by atoms with E-state index in [2.05, 4.69) is 10.6 Å². The lowest BCUT2D eigenvalue weighted by Gasteiger charge is -2.22. The SMILES string of the molecule is COCCCNC(=O)C(C)(C)C(=O)NCCc1ccc(Cl)cc1. The molecule has 0 aliphatic rings. The van der Waals surface area contributed by atoms with Gasteiger partial charge in [-0.05, 0) is 44.4 Å². The van der Waals surface area contributed by atoms with Crippen LogP contribution in [0.25, 0.3) is 0 Å². The number of halogens is 1. The van der Waals surface area contributed by atoms with Crippen LogP contribution in [0.3, 0.4) is 0 Å². The van der Waals surface area contributed by atoms with Gasteiger partial charge in [0.05, 0.1) is 0 Å². The quantitative estimate of drug-likeness (QED) is 0.535. The van der Waals surface area contributed by atoms with Crippen molar-refractivity contribution in [3.63, 3.8) is 0 Å². The number of nitrogens with one attached hydrogen (secondary N) is 2. The summed E-state index contributed by atoms with van der Waals surface area (Å²) in [6, 6.07) is 7.47. The predicted octanol–water partition coefficient (Wildman–Crippen LogP) is 2.18. The van der Waals surface area contributed by atoms with Crippen molar-refractivity contribution in [2.24, 2.45) is 5.41 Å². The Bertz CT molecular complexity index is 515. The van der Waals surface area contributed by atoms with Crippen LogP contribution in [0.1, 0.15) is 25.8 Å². The summed E-state index contributed by atoms with van der Waals surface area (Å²) in [5, 5.41) is 6.25. The van der Waals surface area contributed by atoms with Crippen LogP contribution in [0, 0.1) is 5.41 Å². The number of methoxy groups -OCH3 is 1. The van der Waals surface area contributed by atoms with Crippen molar-refractivity contribution in [1.29, 1.82) is 0 Å². The Labute approximate surface area is 142 Å². The molecule has 0 aliphatic heterocycles. The molecule has 0 saturated heterocycles. The van der Waals surface area contributed by atoms with Crippen LogP contribution in [0.4, 0.5) is 0 Å². The lowest BCUT2D eigenvalue weighted by molar-refractivity contribution is -0.141. The molecule has 0 heterocycles. The number of hydrogen-bond donors (Lipinski definition) is 2. The first kappa shape index (κ1) is 19.5. The third-order valence-corrected chi connectivity index (χ3v) is 3.81. The van der Waals surface area contributed by atoms with Gasteiger partial charge >= 0.3 is 0 Å². The van der Waals surface area contributed by atoms with Crippen LogP contribution in [-0.4, -0.2) is 38.6 Å². The van der Waals surface area contributed by atoms with Crippen molar-refractivity contribution >= 4 is 23.4 Å². The van der Waals surface area contributed by atoms with Crippen molar-refractivity contribution in [3.8, 4) is 0 Å². The van der Waals surface area contributed by atoms with Crippen LogP contribution in [0.5, 0.6) is 0 Å². The minimum atomic E-state index is -1.10. The molecule has 5 nitrogen and oxygen atoms in total. The predicted molar refractivity (Wildman–Crippen MR) is 91.4 cm³/mol. The van der Waals surface area contributed by atoms with Crippen LogP contribution in [0.2, 0.25) is 5.02 Å². The zero-order chi connectivity index (χ0) is 17.3. The molecule has 1 aromatic rings. The van der Waals surface area contributed by atoms with E-state index in [1.54, 1.807) is 21.0 Å². The Balaban J connectivity index is 2.38. The van der Waals surface area contributed by atoms with Gasteiger partial charge in [-0.15, -0.1) is 0 Å². The van der Waals surface area contributed by atoms with E-state index in [9.17, 15) is 9.59 Å². The summed E-state index contributed by atoms with van der Waals surface area (Å²) in [6.07, 6.45) is 1.41. The number of rotatable bonds is 9. The highest BCUT2D eigenvalue weighted by Gasteiger charge is 2.35. The van der Waals surface area contributed by atoms with Gasteiger partial charge in [-0.25, -0.2) is 0 Å². The molecule has 1 aromatic carbocycles. The molecular weight excluding hydrogens is 316 g/mol. The molecule has 2 amide bonds. The first-order valence-corrected chi connectivity index (χ1v) is 8.05. The zero-order valence-corrected chi connectivity index (χ0v) is 14.7. The van der Waals surface area contributed by atoms with E-state index in [0.717, 1.165) is 12.0 Å². The maximum Gasteiger partial charge on any atom is 0.235 e. The number of ether oxygens (including phenoxy) is 1. The molecule has 0 bridgehead atoms. The molecule has 23 heavy (non-hydrogen) atoms. The Hall–Kier alpha value is -1.59. The van der Waals surface area contributed by atoms with Crippen molar-refractivity contribution in [2.75, 3.05) is 26.8 Å². The summed E-state index contributed by atoms with van der Waals surface area (Å²) in [5.41, 5.74) is -0.0240. The average Bonchev–Trinajstić information content (AvgIpc) is 2.53. The fourth-order valence-corrected chi connectivity index (χ4v) is 2.06. The summed E-state index contributed by atoms with van der Waals surface area (Å²) in [6.45, 7) is 4.79. The number of hydrogen-bond acceptors (Lipinski definition) is 3. The number of carbonyl (C=O) groups excluding carboxylic acids is 2. The topological polar surface area (TPSA) is 67.4 Å². The summed E-state index contributed by atoms with van der Waals surface area (Å²) in [4.78, 5) is 24.3. The Morgan fingerprint density at radius 1 is 1.09 bits per heavy atom. The Morgan fingerprint density at radius 2 is 1.65 bits per heavy atom. The lowest BCUT2D eigenvalue weighted by Crippen LogP contribution is -2.48. The van der Waals surface area contributed by atoms with Crippen molar-refractivity contribution in [1.82, 2.24) is 10.6 Å². The van der Waals surface area contributed by atoms with E-state index in [1.165, 1.54) is 0 Å². The molecule has 0 radical (unpaired) electrons. The number of carbonyl (C=O) groups is 2. The van der Waals surface area contributed by atoms with Gasteiger partial charge in [-0.1, -0.05) is 23.7 Å². The number of benzene rings is 1. The molecule has 128 valence electrons. The lowest BCUT2D eigenvalue weighted by atomic mass is 9.91. The molecule has 0 fully saturated rings. The first-order valence-electron chi connectivity index (χ1n) is 7.68.